The van der Waals surface area contributed by atoms with Crippen LogP contribution in [0.4, 0.5) is 4.39 Å². The lowest BCUT2D eigenvalue weighted by molar-refractivity contribution is -0.106. The second kappa shape index (κ2) is 5.69. The van der Waals surface area contributed by atoms with Crippen molar-refractivity contribution in [3.8, 4) is 0 Å². The summed E-state index contributed by atoms with van der Waals surface area (Å²) in [4.78, 5) is 0. The Balaban J connectivity index is 1.88. The summed E-state index contributed by atoms with van der Waals surface area (Å²) < 4.78 is 19.7. The van der Waals surface area contributed by atoms with Crippen LogP contribution in [0.25, 0.3) is 0 Å². The van der Waals surface area contributed by atoms with E-state index in [9.17, 15) is 4.39 Å². The molecule has 116 valence electrons. The van der Waals surface area contributed by atoms with Gasteiger partial charge in [0, 0.05) is 12.1 Å². The van der Waals surface area contributed by atoms with Crippen LogP contribution in [-0.2, 0) is 10.3 Å². The van der Waals surface area contributed by atoms with Gasteiger partial charge in [0.05, 0.1) is 5.60 Å². The number of nitrogens with two attached hydrogens (primary N) is 1. The van der Waals surface area contributed by atoms with Crippen LogP contribution >= 0.6 is 0 Å². The van der Waals surface area contributed by atoms with E-state index in [4.69, 9.17) is 10.5 Å². The van der Waals surface area contributed by atoms with Crippen molar-refractivity contribution < 1.29 is 9.13 Å². The highest BCUT2D eigenvalue weighted by atomic mass is 19.1. The average Bonchev–Trinajstić information content (AvgIpc) is 2.94. The molecule has 0 radical (unpaired) electrons. The molecule has 0 amide bonds. The predicted octanol–water partition coefficient (Wildman–Crippen LogP) is 4.13. The molecule has 2 unspecified atom stereocenters. The molecule has 1 aliphatic heterocycles. The SMILES string of the molecule is CCC(N)(c1cccc(F)c1)C1CCOC2(CCCC2)C1. The van der Waals surface area contributed by atoms with E-state index in [-0.39, 0.29) is 11.4 Å². The van der Waals surface area contributed by atoms with Crippen LogP contribution in [0.1, 0.15) is 57.4 Å². The maximum absolute atomic E-state index is 13.6. The first-order valence-corrected chi connectivity index (χ1v) is 8.27. The molecule has 1 heterocycles. The van der Waals surface area contributed by atoms with Crippen molar-refractivity contribution in [1.82, 2.24) is 0 Å². The number of ether oxygens (including phenoxy) is 1. The van der Waals surface area contributed by atoms with Crippen LogP contribution in [0.15, 0.2) is 24.3 Å². The molecule has 2 fully saturated rings. The summed E-state index contributed by atoms with van der Waals surface area (Å²) in [6, 6.07) is 6.85. The summed E-state index contributed by atoms with van der Waals surface area (Å²) >= 11 is 0. The van der Waals surface area contributed by atoms with E-state index < -0.39 is 5.54 Å². The van der Waals surface area contributed by atoms with E-state index in [0.29, 0.717) is 5.92 Å². The molecule has 0 bridgehead atoms. The minimum atomic E-state index is -0.443. The second-order valence-electron chi connectivity index (χ2n) is 6.83. The van der Waals surface area contributed by atoms with Gasteiger partial charge in [-0.15, -0.1) is 0 Å². The van der Waals surface area contributed by atoms with Gasteiger partial charge in [-0.1, -0.05) is 31.9 Å². The number of hydrogen-bond donors (Lipinski definition) is 1. The van der Waals surface area contributed by atoms with Gasteiger partial charge in [-0.25, -0.2) is 4.39 Å². The van der Waals surface area contributed by atoms with Crippen LogP contribution in [0.5, 0.6) is 0 Å². The molecule has 0 aromatic heterocycles. The summed E-state index contributed by atoms with van der Waals surface area (Å²) in [6.07, 6.45) is 7.67. The van der Waals surface area contributed by atoms with E-state index in [1.165, 1.54) is 18.9 Å². The molecule has 2 nitrogen and oxygen atoms in total. The van der Waals surface area contributed by atoms with Crippen molar-refractivity contribution in [3.05, 3.63) is 35.6 Å². The van der Waals surface area contributed by atoms with Crippen LogP contribution in [0.3, 0.4) is 0 Å². The molecule has 3 rings (SSSR count). The lowest BCUT2D eigenvalue weighted by atomic mass is 9.69. The summed E-state index contributed by atoms with van der Waals surface area (Å²) in [6.45, 7) is 2.90. The predicted molar refractivity (Wildman–Crippen MR) is 82.4 cm³/mol. The Hall–Kier alpha value is -0.930. The zero-order chi connectivity index (χ0) is 14.9. The Morgan fingerprint density at radius 3 is 2.81 bits per heavy atom. The van der Waals surface area contributed by atoms with E-state index >= 15 is 0 Å². The number of hydrogen-bond acceptors (Lipinski definition) is 2. The lowest BCUT2D eigenvalue weighted by Gasteiger charge is -2.46. The highest BCUT2D eigenvalue weighted by Gasteiger charge is 2.46. The van der Waals surface area contributed by atoms with Crippen molar-refractivity contribution in [2.45, 2.75) is 63.0 Å². The van der Waals surface area contributed by atoms with Crippen molar-refractivity contribution in [2.24, 2.45) is 11.7 Å². The molecule has 2 aliphatic rings. The molecule has 1 spiro atoms. The van der Waals surface area contributed by atoms with E-state index in [2.05, 4.69) is 6.92 Å². The number of rotatable bonds is 3. The van der Waals surface area contributed by atoms with Crippen molar-refractivity contribution in [3.63, 3.8) is 0 Å². The smallest absolute Gasteiger partial charge is 0.123 e. The fourth-order valence-corrected chi connectivity index (χ4v) is 4.34. The minimum Gasteiger partial charge on any atom is -0.375 e. The highest BCUT2D eigenvalue weighted by molar-refractivity contribution is 5.26. The van der Waals surface area contributed by atoms with Gasteiger partial charge in [-0.05, 0) is 55.7 Å². The molecule has 2 N–H and O–H groups in total. The third-order valence-corrected chi connectivity index (χ3v) is 5.68. The molecule has 1 aromatic rings. The van der Waals surface area contributed by atoms with Crippen LogP contribution in [-0.4, -0.2) is 12.2 Å². The Morgan fingerprint density at radius 1 is 1.38 bits per heavy atom. The zero-order valence-corrected chi connectivity index (χ0v) is 12.9. The normalized spacial score (nSPS) is 27.7. The van der Waals surface area contributed by atoms with Gasteiger partial charge in [0.25, 0.3) is 0 Å². The molecular formula is C18H26FNO. The van der Waals surface area contributed by atoms with Crippen molar-refractivity contribution >= 4 is 0 Å². The van der Waals surface area contributed by atoms with E-state index in [1.807, 2.05) is 6.07 Å². The lowest BCUT2D eigenvalue weighted by Crippen LogP contribution is -2.50. The van der Waals surface area contributed by atoms with Gasteiger partial charge in [-0.2, -0.15) is 0 Å². The van der Waals surface area contributed by atoms with E-state index in [1.54, 1.807) is 12.1 Å². The second-order valence-corrected chi connectivity index (χ2v) is 6.83. The van der Waals surface area contributed by atoms with Crippen molar-refractivity contribution in [1.29, 1.82) is 0 Å². The van der Waals surface area contributed by atoms with Gasteiger partial charge in [-0.3, -0.25) is 0 Å². The Kier molecular flexibility index (Phi) is 4.06. The number of halogens is 1. The fraction of sp³-hybridized carbons (Fsp3) is 0.667. The summed E-state index contributed by atoms with van der Waals surface area (Å²) in [5.41, 5.74) is 7.33. The molecular weight excluding hydrogens is 265 g/mol. The van der Waals surface area contributed by atoms with Gasteiger partial charge in [0.2, 0.25) is 0 Å². The first kappa shape index (κ1) is 15.0. The minimum absolute atomic E-state index is 0.0516. The van der Waals surface area contributed by atoms with Gasteiger partial charge in [0.1, 0.15) is 5.82 Å². The standard InChI is InChI=1S/C18H26FNO/c1-2-18(20,14-6-5-7-16(19)12-14)15-8-11-21-17(13-15)9-3-4-10-17/h5-7,12,15H,2-4,8-11,13,20H2,1H3. The first-order valence-electron chi connectivity index (χ1n) is 8.27. The Labute approximate surface area is 126 Å². The summed E-state index contributed by atoms with van der Waals surface area (Å²) in [5, 5.41) is 0. The highest BCUT2D eigenvalue weighted by Crippen LogP contribution is 2.47. The maximum Gasteiger partial charge on any atom is 0.123 e. The van der Waals surface area contributed by atoms with E-state index in [0.717, 1.165) is 44.3 Å². The molecule has 3 heteroatoms. The third kappa shape index (κ3) is 2.74. The molecule has 21 heavy (non-hydrogen) atoms. The third-order valence-electron chi connectivity index (χ3n) is 5.68. The molecule has 2 atom stereocenters. The van der Waals surface area contributed by atoms with Gasteiger partial charge < -0.3 is 10.5 Å². The molecule has 1 saturated carbocycles. The van der Waals surface area contributed by atoms with Gasteiger partial charge >= 0.3 is 0 Å². The quantitative estimate of drug-likeness (QED) is 0.909. The maximum atomic E-state index is 13.6. The first-order chi connectivity index (χ1) is 10.1. The topological polar surface area (TPSA) is 35.2 Å². The Morgan fingerprint density at radius 2 is 2.14 bits per heavy atom. The number of benzene rings is 1. The summed E-state index contributed by atoms with van der Waals surface area (Å²) in [7, 11) is 0. The summed E-state index contributed by atoms with van der Waals surface area (Å²) in [5.74, 6) is 0.176. The molecule has 1 saturated heterocycles. The fourth-order valence-electron chi connectivity index (χ4n) is 4.34. The molecule has 1 aliphatic carbocycles. The van der Waals surface area contributed by atoms with Crippen LogP contribution in [0, 0.1) is 11.7 Å². The average molecular weight is 291 g/mol. The Bertz CT molecular complexity index is 498. The van der Waals surface area contributed by atoms with Crippen LogP contribution in [0.2, 0.25) is 0 Å². The van der Waals surface area contributed by atoms with Gasteiger partial charge in [0.15, 0.2) is 0 Å². The monoisotopic (exact) mass is 291 g/mol. The zero-order valence-electron chi connectivity index (χ0n) is 12.9. The molecule has 1 aromatic carbocycles. The van der Waals surface area contributed by atoms with Crippen LogP contribution < -0.4 is 5.73 Å². The largest absolute Gasteiger partial charge is 0.375 e. The van der Waals surface area contributed by atoms with Crippen molar-refractivity contribution in [2.75, 3.05) is 6.61 Å².